The predicted molar refractivity (Wildman–Crippen MR) is 145 cm³/mol. The van der Waals surface area contributed by atoms with Gasteiger partial charge in [-0.3, -0.25) is 9.69 Å². The first-order valence-corrected chi connectivity index (χ1v) is 13.8. The van der Waals surface area contributed by atoms with Crippen molar-refractivity contribution in [2.24, 2.45) is 0 Å². The van der Waals surface area contributed by atoms with Crippen LogP contribution in [0.1, 0.15) is 81.6 Å². The average molecular weight is 504 g/mol. The molecule has 0 aromatic heterocycles. The van der Waals surface area contributed by atoms with Gasteiger partial charge in [-0.15, -0.1) is 0 Å². The van der Waals surface area contributed by atoms with E-state index in [0.717, 1.165) is 12.8 Å². The molecule has 198 valence electrons. The molecule has 2 aliphatic heterocycles. The second-order valence-corrected chi connectivity index (χ2v) is 12.0. The van der Waals surface area contributed by atoms with Gasteiger partial charge in [0.15, 0.2) is 0 Å². The number of piperidine rings is 1. The van der Waals surface area contributed by atoms with E-state index in [4.69, 9.17) is 4.74 Å². The number of carbonyl (C=O) groups excluding carboxylic acids is 2. The van der Waals surface area contributed by atoms with Crippen LogP contribution in [0.2, 0.25) is 0 Å². The molecule has 2 amide bonds. The van der Waals surface area contributed by atoms with Crippen LogP contribution in [-0.2, 0) is 16.0 Å². The molecule has 1 saturated carbocycles. The molecule has 0 radical (unpaired) electrons. The molecular formula is C31H41N3O3. The Morgan fingerprint density at radius 3 is 2.19 bits per heavy atom. The molecule has 2 aromatic rings. The van der Waals surface area contributed by atoms with Crippen molar-refractivity contribution in [3.05, 3.63) is 71.3 Å². The fourth-order valence-corrected chi connectivity index (χ4v) is 6.01. The SMILES string of the molecule is CN1C(c2ccc(C3CC3)cc2)N(CCCc2ccccc2)C(=O)C12CCN(C(=O)OC(C)(C)C)CC2. The lowest BCUT2D eigenvalue weighted by atomic mass is 9.86. The van der Waals surface area contributed by atoms with E-state index in [-0.39, 0.29) is 18.2 Å². The van der Waals surface area contributed by atoms with E-state index in [9.17, 15) is 9.59 Å². The fraction of sp³-hybridized carbons (Fsp3) is 0.548. The molecule has 3 aliphatic rings. The van der Waals surface area contributed by atoms with Crippen molar-refractivity contribution >= 4 is 12.0 Å². The molecule has 5 rings (SSSR count). The summed E-state index contributed by atoms with van der Waals surface area (Å²) in [5, 5.41) is 0. The summed E-state index contributed by atoms with van der Waals surface area (Å²) < 4.78 is 5.60. The highest BCUT2D eigenvalue weighted by atomic mass is 16.6. The normalized spacial score (nSPS) is 22.1. The quantitative estimate of drug-likeness (QED) is 0.505. The lowest BCUT2D eigenvalue weighted by Gasteiger charge is -2.42. The summed E-state index contributed by atoms with van der Waals surface area (Å²) in [7, 11) is 2.09. The van der Waals surface area contributed by atoms with Crippen LogP contribution in [0, 0.1) is 0 Å². The Morgan fingerprint density at radius 2 is 1.59 bits per heavy atom. The smallest absolute Gasteiger partial charge is 0.410 e. The molecule has 2 aromatic carbocycles. The van der Waals surface area contributed by atoms with Gasteiger partial charge in [0.2, 0.25) is 5.91 Å². The standard InChI is InChI=1S/C31H41N3O3/c1-30(2,3)37-29(36)33-21-18-31(19-22-33)28(35)34(20-8-11-23-9-6-5-7-10-23)27(32(31)4)26-16-14-25(15-17-26)24-12-13-24/h5-7,9-10,14-17,24,27H,8,11-13,18-22H2,1-4H3. The van der Waals surface area contributed by atoms with Crippen molar-refractivity contribution in [1.82, 2.24) is 14.7 Å². The first-order chi connectivity index (χ1) is 17.7. The maximum absolute atomic E-state index is 14.2. The molecular weight excluding hydrogens is 462 g/mol. The van der Waals surface area contributed by atoms with Gasteiger partial charge in [-0.25, -0.2) is 4.79 Å². The van der Waals surface area contributed by atoms with Crippen molar-refractivity contribution in [1.29, 1.82) is 0 Å². The average Bonchev–Trinajstić information content (AvgIpc) is 3.70. The van der Waals surface area contributed by atoms with Gasteiger partial charge in [-0.05, 0) is 89.0 Å². The number of benzene rings is 2. The van der Waals surface area contributed by atoms with E-state index in [1.54, 1.807) is 4.90 Å². The molecule has 1 aliphatic carbocycles. The molecule has 1 atom stereocenters. The third kappa shape index (κ3) is 5.40. The van der Waals surface area contributed by atoms with E-state index in [0.29, 0.717) is 38.4 Å². The Morgan fingerprint density at radius 1 is 0.973 bits per heavy atom. The molecule has 2 heterocycles. The van der Waals surface area contributed by atoms with Crippen LogP contribution in [-0.4, -0.2) is 64.5 Å². The van der Waals surface area contributed by atoms with E-state index < -0.39 is 11.1 Å². The summed E-state index contributed by atoms with van der Waals surface area (Å²) in [5.74, 6) is 0.908. The number of ether oxygens (including phenoxy) is 1. The Hall–Kier alpha value is -2.86. The zero-order valence-corrected chi connectivity index (χ0v) is 22.8. The molecule has 6 nitrogen and oxygen atoms in total. The number of aryl methyl sites for hydroxylation is 1. The van der Waals surface area contributed by atoms with Crippen LogP contribution in [0.25, 0.3) is 0 Å². The van der Waals surface area contributed by atoms with Crippen LogP contribution in [0.3, 0.4) is 0 Å². The minimum Gasteiger partial charge on any atom is -0.444 e. The monoisotopic (exact) mass is 503 g/mol. The minimum atomic E-state index is -0.592. The Bertz CT molecular complexity index is 1100. The van der Waals surface area contributed by atoms with Gasteiger partial charge < -0.3 is 14.5 Å². The fourth-order valence-electron chi connectivity index (χ4n) is 6.01. The lowest BCUT2D eigenvalue weighted by molar-refractivity contribution is -0.135. The number of hydrogen-bond acceptors (Lipinski definition) is 4. The van der Waals surface area contributed by atoms with E-state index in [2.05, 4.69) is 65.4 Å². The van der Waals surface area contributed by atoms with Crippen LogP contribution >= 0.6 is 0 Å². The second-order valence-electron chi connectivity index (χ2n) is 12.0. The zero-order valence-electron chi connectivity index (χ0n) is 22.8. The third-order valence-corrected chi connectivity index (χ3v) is 8.23. The number of likely N-dealkylation sites (N-methyl/N-ethyl adjacent to an activating group) is 1. The van der Waals surface area contributed by atoms with Gasteiger partial charge in [-0.1, -0.05) is 54.6 Å². The largest absolute Gasteiger partial charge is 0.444 e. The van der Waals surface area contributed by atoms with Gasteiger partial charge in [0.1, 0.15) is 17.3 Å². The summed E-state index contributed by atoms with van der Waals surface area (Å²) in [6, 6.07) is 19.4. The topological polar surface area (TPSA) is 53.1 Å². The van der Waals surface area contributed by atoms with Gasteiger partial charge in [0.05, 0.1) is 0 Å². The van der Waals surface area contributed by atoms with Gasteiger partial charge in [-0.2, -0.15) is 0 Å². The Labute approximate surface area is 221 Å². The first-order valence-electron chi connectivity index (χ1n) is 13.8. The molecule has 6 heteroatoms. The van der Waals surface area contributed by atoms with Crippen LogP contribution < -0.4 is 0 Å². The van der Waals surface area contributed by atoms with Crippen molar-refractivity contribution in [2.45, 2.75) is 82.5 Å². The molecule has 3 fully saturated rings. The zero-order chi connectivity index (χ0) is 26.2. The van der Waals surface area contributed by atoms with Crippen LogP contribution in [0.4, 0.5) is 4.79 Å². The summed E-state index contributed by atoms with van der Waals surface area (Å²) in [6.07, 6.45) is 5.28. The number of rotatable bonds is 6. The minimum absolute atomic E-state index is 0.0930. The summed E-state index contributed by atoms with van der Waals surface area (Å²) in [5.41, 5.74) is 2.76. The number of carbonyl (C=O) groups is 2. The first kappa shape index (κ1) is 25.8. The van der Waals surface area contributed by atoms with Crippen molar-refractivity contribution in [3.63, 3.8) is 0 Å². The van der Waals surface area contributed by atoms with E-state index >= 15 is 0 Å². The second kappa shape index (κ2) is 10.1. The lowest BCUT2D eigenvalue weighted by Crippen LogP contribution is -2.56. The molecule has 0 N–H and O–H groups in total. The van der Waals surface area contributed by atoms with Crippen molar-refractivity contribution < 1.29 is 14.3 Å². The van der Waals surface area contributed by atoms with Crippen LogP contribution in [0.5, 0.6) is 0 Å². The molecule has 0 bridgehead atoms. The third-order valence-electron chi connectivity index (χ3n) is 8.23. The van der Waals surface area contributed by atoms with Gasteiger partial charge in [0, 0.05) is 19.6 Å². The van der Waals surface area contributed by atoms with Gasteiger partial charge in [0.25, 0.3) is 0 Å². The molecule has 1 spiro atoms. The summed E-state index contributed by atoms with van der Waals surface area (Å²) >= 11 is 0. The summed E-state index contributed by atoms with van der Waals surface area (Å²) in [4.78, 5) is 33.0. The maximum atomic E-state index is 14.2. The van der Waals surface area contributed by atoms with E-state index in [1.807, 2.05) is 26.8 Å². The molecule has 2 saturated heterocycles. The van der Waals surface area contributed by atoms with Crippen molar-refractivity contribution in [2.75, 3.05) is 26.7 Å². The Kier molecular flexibility index (Phi) is 7.06. The van der Waals surface area contributed by atoms with Gasteiger partial charge >= 0.3 is 6.09 Å². The van der Waals surface area contributed by atoms with E-state index in [1.165, 1.54) is 29.5 Å². The summed E-state index contributed by atoms with van der Waals surface area (Å²) in [6.45, 7) is 7.42. The number of likely N-dealkylation sites (tertiary alicyclic amines) is 1. The highest BCUT2D eigenvalue weighted by Crippen LogP contribution is 2.46. The molecule has 37 heavy (non-hydrogen) atoms. The van der Waals surface area contributed by atoms with Crippen molar-refractivity contribution in [3.8, 4) is 0 Å². The number of amides is 2. The maximum Gasteiger partial charge on any atom is 0.410 e. The number of nitrogens with zero attached hydrogens (tertiary/aromatic N) is 3. The Balaban J connectivity index is 1.35. The highest BCUT2D eigenvalue weighted by Gasteiger charge is 2.57. The highest BCUT2D eigenvalue weighted by molar-refractivity contribution is 5.89. The molecule has 1 unspecified atom stereocenters. The van der Waals surface area contributed by atoms with Crippen LogP contribution in [0.15, 0.2) is 54.6 Å². The predicted octanol–water partition coefficient (Wildman–Crippen LogP) is 5.74. The number of hydrogen-bond donors (Lipinski definition) is 0.